The van der Waals surface area contributed by atoms with Crippen LogP contribution in [-0.2, 0) is 7.59 Å². The number of hydrogen-bond donors (Lipinski definition) is 0. The standard InChI is InChI=1S/C12H7Cl6N3O/c1-22-8-3-6(11(13,14)15)2-7(12(16,17)18)9(8)10-20-4-19-5-21-10/h2-5H,1H3. The molecular formula is C12H7Cl6N3O. The maximum absolute atomic E-state index is 6.04. The molecule has 0 amide bonds. The van der Waals surface area contributed by atoms with Crippen LogP contribution < -0.4 is 4.74 Å². The first-order valence-corrected chi connectivity index (χ1v) is 7.90. The molecule has 2 rings (SSSR count). The number of hydrogen-bond acceptors (Lipinski definition) is 4. The number of benzene rings is 1. The number of ether oxygens (including phenoxy) is 1. The largest absolute Gasteiger partial charge is 0.496 e. The first-order valence-electron chi connectivity index (χ1n) is 5.63. The van der Waals surface area contributed by atoms with Gasteiger partial charge in [-0.15, -0.1) is 0 Å². The summed E-state index contributed by atoms with van der Waals surface area (Å²) in [4.78, 5) is 11.8. The molecule has 0 saturated carbocycles. The predicted octanol–water partition coefficient (Wildman–Crippen LogP) is 5.20. The van der Waals surface area contributed by atoms with Gasteiger partial charge in [-0.25, -0.2) is 15.0 Å². The molecule has 0 aliphatic rings. The highest BCUT2D eigenvalue weighted by Crippen LogP contribution is 2.49. The lowest BCUT2D eigenvalue weighted by Crippen LogP contribution is -2.10. The van der Waals surface area contributed by atoms with Gasteiger partial charge in [0.1, 0.15) is 18.4 Å². The van der Waals surface area contributed by atoms with Gasteiger partial charge in [-0.05, 0) is 12.1 Å². The third-order valence-electron chi connectivity index (χ3n) is 2.67. The molecule has 1 heterocycles. The van der Waals surface area contributed by atoms with Crippen molar-refractivity contribution in [2.75, 3.05) is 7.11 Å². The zero-order valence-electron chi connectivity index (χ0n) is 10.8. The van der Waals surface area contributed by atoms with E-state index in [2.05, 4.69) is 15.0 Å². The molecule has 0 radical (unpaired) electrons. The van der Waals surface area contributed by atoms with Crippen LogP contribution in [0.1, 0.15) is 11.1 Å². The Kier molecular flexibility index (Phi) is 5.53. The van der Waals surface area contributed by atoms with E-state index in [1.54, 1.807) is 0 Å². The number of nitrogens with zero attached hydrogens (tertiary/aromatic N) is 3. The van der Waals surface area contributed by atoms with Crippen molar-refractivity contribution in [1.82, 2.24) is 15.0 Å². The average Bonchev–Trinajstić information content (AvgIpc) is 2.44. The molecule has 22 heavy (non-hydrogen) atoms. The van der Waals surface area contributed by atoms with Gasteiger partial charge < -0.3 is 4.74 Å². The van der Waals surface area contributed by atoms with Gasteiger partial charge in [0.05, 0.1) is 12.7 Å². The topological polar surface area (TPSA) is 47.9 Å². The fourth-order valence-corrected chi connectivity index (χ4v) is 2.54. The highest BCUT2D eigenvalue weighted by Gasteiger charge is 2.34. The molecule has 0 aliphatic carbocycles. The summed E-state index contributed by atoms with van der Waals surface area (Å²) < 4.78 is 1.80. The lowest BCUT2D eigenvalue weighted by atomic mass is 10.0. The summed E-state index contributed by atoms with van der Waals surface area (Å²) in [6, 6.07) is 2.98. The van der Waals surface area contributed by atoms with Crippen LogP contribution in [0.3, 0.4) is 0 Å². The van der Waals surface area contributed by atoms with E-state index in [4.69, 9.17) is 74.3 Å². The van der Waals surface area contributed by atoms with Crippen molar-refractivity contribution in [3.63, 3.8) is 0 Å². The Morgan fingerprint density at radius 3 is 1.95 bits per heavy atom. The third kappa shape index (κ3) is 3.99. The first-order chi connectivity index (χ1) is 10.1. The zero-order valence-corrected chi connectivity index (χ0v) is 15.4. The van der Waals surface area contributed by atoms with Crippen LogP contribution >= 0.6 is 69.6 Å². The molecule has 0 fully saturated rings. The van der Waals surface area contributed by atoms with Crippen LogP contribution in [-0.4, -0.2) is 22.1 Å². The summed E-state index contributed by atoms with van der Waals surface area (Å²) in [6.45, 7) is 0. The van der Waals surface area contributed by atoms with Crippen molar-refractivity contribution in [3.05, 3.63) is 35.9 Å². The van der Waals surface area contributed by atoms with Gasteiger partial charge in [-0.3, -0.25) is 0 Å². The molecular weight excluding hydrogens is 415 g/mol. The molecule has 0 spiro atoms. The molecule has 10 heteroatoms. The number of halogens is 6. The summed E-state index contributed by atoms with van der Waals surface area (Å²) in [6.07, 6.45) is 2.62. The number of alkyl halides is 6. The normalized spacial score (nSPS) is 12.3. The Labute approximate surface area is 156 Å². The maximum Gasteiger partial charge on any atom is 0.216 e. The van der Waals surface area contributed by atoms with Crippen molar-refractivity contribution in [2.24, 2.45) is 0 Å². The van der Waals surface area contributed by atoms with E-state index >= 15 is 0 Å². The third-order valence-corrected chi connectivity index (χ3v) is 3.94. The second-order valence-corrected chi connectivity index (χ2v) is 8.62. The SMILES string of the molecule is COc1cc(C(Cl)(Cl)Cl)cc(C(Cl)(Cl)Cl)c1-c1ncncn1. The fraction of sp³-hybridized carbons (Fsp3) is 0.250. The highest BCUT2D eigenvalue weighted by molar-refractivity contribution is 6.68. The van der Waals surface area contributed by atoms with Crippen LogP contribution in [0, 0.1) is 0 Å². The first kappa shape index (κ1) is 18.1. The van der Waals surface area contributed by atoms with Gasteiger partial charge in [0, 0.05) is 11.1 Å². The van der Waals surface area contributed by atoms with Crippen LogP contribution in [0.15, 0.2) is 24.8 Å². The van der Waals surface area contributed by atoms with Crippen LogP contribution in [0.5, 0.6) is 5.75 Å². The number of rotatable bonds is 2. The summed E-state index contributed by atoms with van der Waals surface area (Å²) in [5, 5.41) is 0. The summed E-state index contributed by atoms with van der Waals surface area (Å²) in [5.74, 6) is 0.570. The second-order valence-electron chi connectivity index (χ2n) is 4.06. The van der Waals surface area contributed by atoms with Crippen molar-refractivity contribution in [2.45, 2.75) is 7.59 Å². The molecule has 0 bridgehead atoms. The Morgan fingerprint density at radius 1 is 0.909 bits per heavy atom. The smallest absolute Gasteiger partial charge is 0.216 e. The minimum atomic E-state index is -1.80. The van der Waals surface area contributed by atoms with Gasteiger partial charge in [0.15, 0.2) is 5.82 Å². The van der Waals surface area contributed by atoms with E-state index in [1.165, 1.54) is 31.9 Å². The molecule has 2 aromatic rings. The Bertz CT molecular complexity index is 669. The van der Waals surface area contributed by atoms with Gasteiger partial charge in [0.25, 0.3) is 0 Å². The van der Waals surface area contributed by atoms with Gasteiger partial charge in [0.2, 0.25) is 7.59 Å². The molecule has 1 aromatic heterocycles. The van der Waals surface area contributed by atoms with Gasteiger partial charge in [-0.1, -0.05) is 69.6 Å². The number of aromatic nitrogens is 3. The summed E-state index contributed by atoms with van der Waals surface area (Å²) in [5.41, 5.74) is 0.890. The maximum atomic E-state index is 6.04. The minimum Gasteiger partial charge on any atom is -0.496 e. The van der Waals surface area contributed by atoms with E-state index < -0.39 is 7.59 Å². The summed E-state index contributed by atoms with van der Waals surface area (Å²) in [7, 11) is 1.43. The van der Waals surface area contributed by atoms with E-state index in [0.29, 0.717) is 11.3 Å². The minimum absolute atomic E-state index is 0.226. The molecule has 0 aliphatic heterocycles. The zero-order chi connectivity index (χ0) is 16.5. The predicted molar refractivity (Wildman–Crippen MR) is 90.3 cm³/mol. The van der Waals surface area contributed by atoms with Crippen molar-refractivity contribution >= 4 is 69.6 Å². The lowest BCUT2D eigenvalue weighted by Gasteiger charge is -2.22. The molecule has 118 valence electrons. The van der Waals surface area contributed by atoms with Gasteiger partial charge in [-0.2, -0.15) is 0 Å². The van der Waals surface area contributed by atoms with E-state index in [-0.39, 0.29) is 17.0 Å². The molecule has 1 aromatic carbocycles. The fourth-order valence-electron chi connectivity index (χ4n) is 1.76. The monoisotopic (exact) mass is 419 g/mol. The molecule has 0 saturated heterocycles. The molecule has 0 N–H and O–H groups in total. The average molecular weight is 422 g/mol. The van der Waals surface area contributed by atoms with E-state index in [0.717, 1.165) is 0 Å². The highest BCUT2D eigenvalue weighted by atomic mass is 35.6. The quantitative estimate of drug-likeness (QED) is 0.625. The molecule has 4 nitrogen and oxygen atoms in total. The van der Waals surface area contributed by atoms with Crippen molar-refractivity contribution in [3.8, 4) is 17.1 Å². The molecule has 0 atom stereocenters. The van der Waals surface area contributed by atoms with Gasteiger partial charge >= 0.3 is 0 Å². The number of methoxy groups -OCH3 is 1. The van der Waals surface area contributed by atoms with E-state index in [1.807, 2.05) is 0 Å². The molecule has 0 unspecified atom stereocenters. The Balaban J connectivity index is 2.81. The van der Waals surface area contributed by atoms with E-state index in [9.17, 15) is 0 Å². The van der Waals surface area contributed by atoms with Crippen molar-refractivity contribution < 1.29 is 4.74 Å². The Morgan fingerprint density at radius 2 is 1.50 bits per heavy atom. The lowest BCUT2D eigenvalue weighted by molar-refractivity contribution is 0.415. The van der Waals surface area contributed by atoms with Crippen LogP contribution in [0.25, 0.3) is 11.4 Å². The Hall–Kier alpha value is -0.230. The van der Waals surface area contributed by atoms with Crippen molar-refractivity contribution in [1.29, 1.82) is 0 Å². The van der Waals surface area contributed by atoms with Crippen LogP contribution in [0.2, 0.25) is 0 Å². The van der Waals surface area contributed by atoms with Crippen LogP contribution in [0.4, 0.5) is 0 Å². The second kappa shape index (κ2) is 6.71. The summed E-state index contributed by atoms with van der Waals surface area (Å²) >= 11 is 35.9.